The van der Waals surface area contributed by atoms with E-state index in [4.69, 9.17) is 14.5 Å². The van der Waals surface area contributed by atoms with Gasteiger partial charge in [0.2, 0.25) is 0 Å². The number of nitrogens with one attached hydrogen (secondary N) is 2. The summed E-state index contributed by atoms with van der Waals surface area (Å²) in [6.45, 7) is 6.58. The zero-order valence-electron chi connectivity index (χ0n) is 18.5. The van der Waals surface area contributed by atoms with Crippen molar-refractivity contribution in [1.82, 2.24) is 10.6 Å². The molecular formula is C24H34N2O5. The van der Waals surface area contributed by atoms with Crippen LogP contribution in [0.15, 0.2) is 60.7 Å². The molecule has 7 nitrogen and oxygen atoms in total. The number of aliphatic hydroxyl groups excluding tert-OH is 1. The Morgan fingerprint density at radius 3 is 2.10 bits per heavy atom. The van der Waals surface area contributed by atoms with Crippen LogP contribution < -0.4 is 10.6 Å². The fourth-order valence-electron chi connectivity index (χ4n) is 2.81. The second kappa shape index (κ2) is 13.2. The minimum Gasteiger partial charge on any atom is -0.461 e. The van der Waals surface area contributed by atoms with Gasteiger partial charge in [0.25, 0.3) is 0 Å². The van der Waals surface area contributed by atoms with Gasteiger partial charge in [-0.15, -0.1) is 0 Å². The molecule has 0 aliphatic rings. The highest BCUT2D eigenvalue weighted by Crippen LogP contribution is 2.07. The van der Waals surface area contributed by atoms with Gasteiger partial charge in [-0.3, -0.25) is 15.4 Å². The van der Waals surface area contributed by atoms with E-state index in [0.717, 1.165) is 11.1 Å². The summed E-state index contributed by atoms with van der Waals surface area (Å²) >= 11 is 0. The van der Waals surface area contributed by atoms with E-state index in [-0.39, 0.29) is 37.2 Å². The van der Waals surface area contributed by atoms with E-state index < -0.39 is 6.35 Å². The van der Waals surface area contributed by atoms with Crippen molar-refractivity contribution in [2.24, 2.45) is 0 Å². The lowest BCUT2D eigenvalue weighted by atomic mass is 10.1. The van der Waals surface area contributed by atoms with Crippen LogP contribution in [0.3, 0.4) is 0 Å². The van der Waals surface area contributed by atoms with Gasteiger partial charge in [-0.05, 0) is 38.3 Å². The molecule has 0 bridgehead atoms. The molecule has 0 amide bonds. The van der Waals surface area contributed by atoms with Crippen molar-refractivity contribution >= 4 is 5.97 Å². The van der Waals surface area contributed by atoms with Gasteiger partial charge < -0.3 is 9.84 Å². The Hall–Kier alpha value is -2.29. The van der Waals surface area contributed by atoms with E-state index in [1.807, 2.05) is 81.4 Å². The fourth-order valence-corrected chi connectivity index (χ4v) is 2.81. The number of hydrogen-bond acceptors (Lipinski definition) is 7. The summed E-state index contributed by atoms with van der Waals surface area (Å²) in [5, 5.41) is 16.3. The third-order valence-corrected chi connectivity index (χ3v) is 4.32. The summed E-state index contributed by atoms with van der Waals surface area (Å²) in [5.74, 6) is -0.306. The number of carbonyl (C=O) groups is 1. The smallest absolute Gasteiger partial charge is 0.306 e. The van der Waals surface area contributed by atoms with Crippen LogP contribution in [0.25, 0.3) is 0 Å². The van der Waals surface area contributed by atoms with Gasteiger partial charge in [0.05, 0.1) is 6.61 Å². The predicted molar refractivity (Wildman–Crippen MR) is 118 cm³/mol. The van der Waals surface area contributed by atoms with E-state index in [9.17, 15) is 9.90 Å². The van der Waals surface area contributed by atoms with Gasteiger partial charge in [0.1, 0.15) is 13.2 Å². The maximum Gasteiger partial charge on any atom is 0.306 e. The van der Waals surface area contributed by atoms with Crippen LogP contribution in [0, 0.1) is 0 Å². The minimum atomic E-state index is -0.955. The third kappa shape index (κ3) is 11.6. The summed E-state index contributed by atoms with van der Waals surface area (Å²) in [7, 11) is 0. The number of carbonyl (C=O) groups excluding carboxylic acids is 1. The average Bonchev–Trinajstić information content (AvgIpc) is 2.73. The van der Waals surface area contributed by atoms with E-state index in [1.165, 1.54) is 0 Å². The first-order valence-electron chi connectivity index (χ1n) is 10.5. The Kier molecular flexibility index (Phi) is 10.6. The highest BCUT2D eigenvalue weighted by Gasteiger charge is 2.20. The van der Waals surface area contributed by atoms with Crippen molar-refractivity contribution in [3.05, 3.63) is 71.8 Å². The van der Waals surface area contributed by atoms with E-state index in [2.05, 4.69) is 10.6 Å². The van der Waals surface area contributed by atoms with Gasteiger partial charge in [0, 0.05) is 18.0 Å². The zero-order chi connectivity index (χ0) is 22.5. The number of esters is 1. The number of ether oxygens (including phenoxy) is 1. The van der Waals surface area contributed by atoms with Crippen LogP contribution in [0.2, 0.25) is 0 Å². The summed E-state index contributed by atoms with van der Waals surface area (Å²) in [6.07, 6.45) is -0.344. The van der Waals surface area contributed by atoms with Gasteiger partial charge in [-0.2, -0.15) is 0 Å². The van der Waals surface area contributed by atoms with E-state index >= 15 is 0 Å². The van der Waals surface area contributed by atoms with Crippen molar-refractivity contribution in [2.75, 3.05) is 6.61 Å². The Labute approximate surface area is 184 Å². The molecule has 0 spiro atoms. The second-order valence-electron chi connectivity index (χ2n) is 8.38. The number of aliphatic hydroxyl groups is 1. The molecule has 7 heteroatoms. The molecule has 2 aromatic rings. The van der Waals surface area contributed by atoms with Gasteiger partial charge >= 0.3 is 5.97 Å². The first kappa shape index (κ1) is 25.0. The summed E-state index contributed by atoms with van der Waals surface area (Å²) in [5.41, 5.74) is 1.65. The van der Waals surface area contributed by atoms with Crippen molar-refractivity contribution < 1.29 is 24.4 Å². The maximum absolute atomic E-state index is 12.2. The Morgan fingerprint density at radius 2 is 1.52 bits per heavy atom. The van der Waals surface area contributed by atoms with Crippen molar-refractivity contribution in [2.45, 2.75) is 64.8 Å². The monoisotopic (exact) mass is 430 g/mol. The summed E-state index contributed by atoms with van der Waals surface area (Å²) in [4.78, 5) is 22.8. The molecule has 0 aliphatic carbocycles. The second-order valence-corrected chi connectivity index (χ2v) is 8.38. The average molecular weight is 431 g/mol. The molecule has 170 valence electrons. The van der Waals surface area contributed by atoms with Crippen LogP contribution in [0.4, 0.5) is 0 Å². The van der Waals surface area contributed by atoms with Gasteiger partial charge in [0.15, 0.2) is 6.35 Å². The van der Waals surface area contributed by atoms with Crippen molar-refractivity contribution in [3.8, 4) is 0 Å². The SMILES string of the molecule is CC(C)(C)NC(O)N[C@@H](CCC(=O)OCc1ccccc1)COOCc1ccccc1. The molecule has 0 heterocycles. The predicted octanol–water partition coefficient (Wildman–Crippen LogP) is 3.28. The van der Waals surface area contributed by atoms with Crippen LogP contribution in [-0.2, 0) is 32.5 Å². The fraction of sp³-hybridized carbons (Fsp3) is 0.458. The Morgan fingerprint density at radius 1 is 0.935 bits per heavy atom. The largest absolute Gasteiger partial charge is 0.461 e. The quantitative estimate of drug-likeness (QED) is 0.148. The van der Waals surface area contributed by atoms with Crippen LogP contribution in [0.5, 0.6) is 0 Å². The summed E-state index contributed by atoms with van der Waals surface area (Å²) in [6, 6.07) is 18.9. The minimum absolute atomic E-state index is 0.168. The van der Waals surface area contributed by atoms with Crippen LogP contribution >= 0.6 is 0 Å². The molecule has 0 fully saturated rings. The molecule has 2 aromatic carbocycles. The molecule has 0 saturated heterocycles. The molecule has 1 unspecified atom stereocenters. The van der Waals surface area contributed by atoms with Crippen molar-refractivity contribution in [1.29, 1.82) is 0 Å². The maximum atomic E-state index is 12.2. The van der Waals surface area contributed by atoms with Crippen molar-refractivity contribution in [3.63, 3.8) is 0 Å². The number of hydrogen-bond donors (Lipinski definition) is 3. The molecule has 0 radical (unpaired) electrons. The number of benzene rings is 2. The molecule has 2 atom stereocenters. The molecule has 3 N–H and O–H groups in total. The van der Waals surface area contributed by atoms with E-state index in [0.29, 0.717) is 13.0 Å². The van der Waals surface area contributed by atoms with Crippen LogP contribution in [0.1, 0.15) is 44.7 Å². The third-order valence-electron chi connectivity index (χ3n) is 4.32. The molecule has 2 rings (SSSR count). The lowest BCUT2D eigenvalue weighted by molar-refractivity contribution is -0.308. The topological polar surface area (TPSA) is 89.1 Å². The normalized spacial score (nSPS) is 13.5. The standard InChI is InChI=1S/C24H34N2O5/c1-24(2,3)26-23(28)25-21(18-31-30-17-20-12-8-5-9-13-20)14-15-22(27)29-16-19-10-6-4-7-11-19/h4-13,21,23,25-26,28H,14-18H2,1-3H3/t21-,23?/m0/s1. The molecule has 31 heavy (non-hydrogen) atoms. The van der Waals surface area contributed by atoms with Gasteiger partial charge in [-0.25, -0.2) is 9.78 Å². The lowest BCUT2D eigenvalue weighted by Gasteiger charge is -2.28. The molecule has 0 aromatic heterocycles. The summed E-state index contributed by atoms with van der Waals surface area (Å²) < 4.78 is 5.33. The van der Waals surface area contributed by atoms with E-state index in [1.54, 1.807) is 0 Å². The number of rotatable bonds is 13. The highest BCUT2D eigenvalue weighted by molar-refractivity contribution is 5.69. The molecule has 0 saturated carbocycles. The first-order valence-corrected chi connectivity index (χ1v) is 10.5. The Bertz CT molecular complexity index is 750. The highest BCUT2D eigenvalue weighted by atomic mass is 17.2. The van der Waals surface area contributed by atoms with Gasteiger partial charge in [-0.1, -0.05) is 60.7 Å². The first-order chi connectivity index (χ1) is 14.8. The van der Waals surface area contributed by atoms with Crippen LogP contribution in [-0.4, -0.2) is 35.6 Å². The lowest BCUT2D eigenvalue weighted by Crippen LogP contribution is -2.54. The zero-order valence-corrected chi connectivity index (χ0v) is 18.5. The molecule has 0 aliphatic heterocycles. The molecular weight excluding hydrogens is 396 g/mol. The Balaban J connectivity index is 1.78.